The molecular formula is C23H20Cl2N2O2. The molecule has 4 nitrogen and oxygen atoms in total. The van der Waals surface area contributed by atoms with E-state index in [0.29, 0.717) is 31.9 Å². The third-order valence-electron chi connectivity index (χ3n) is 5.72. The number of hydrogen-bond donors (Lipinski definition) is 2. The summed E-state index contributed by atoms with van der Waals surface area (Å²) >= 11 is 12.4. The molecule has 0 aliphatic heterocycles. The molecule has 148 valence electrons. The summed E-state index contributed by atoms with van der Waals surface area (Å²) in [4.78, 5) is 33.0. The lowest BCUT2D eigenvalue weighted by atomic mass is 9.97. The normalized spacial score (nSPS) is 11.5. The van der Waals surface area contributed by atoms with Gasteiger partial charge in [0.2, 0.25) is 0 Å². The Balaban J connectivity index is 1.95. The van der Waals surface area contributed by atoms with Crippen molar-refractivity contribution in [2.75, 3.05) is 0 Å². The topological polar surface area (TPSA) is 65.7 Å². The van der Waals surface area contributed by atoms with E-state index in [2.05, 4.69) is 9.97 Å². The van der Waals surface area contributed by atoms with Crippen molar-refractivity contribution < 1.29 is 0 Å². The molecule has 0 spiro atoms. The number of H-pyrrole nitrogens is 2. The third-order valence-corrected chi connectivity index (χ3v) is 6.54. The average molecular weight is 427 g/mol. The fraction of sp³-hybridized carbons (Fsp3) is 0.217. The molecule has 0 aliphatic carbocycles. The Kier molecular flexibility index (Phi) is 4.80. The summed E-state index contributed by atoms with van der Waals surface area (Å²) < 4.78 is 0. The molecule has 2 aromatic carbocycles. The Morgan fingerprint density at radius 2 is 1.07 bits per heavy atom. The molecule has 0 unspecified atom stereocenters. The Morgan fingerprint density at radius 1 is 0.690 bits per heavy atom. The van der Waals surface area contributed by atoms with Gasteiger partial charge in [0, 0.05) is 49.8 Å². The number of fused-ring (bicyclic) bond motifs is 2. The summed E-state index contributed by atoms with van der Waals surface area (Å²) in [6, 6.07) is 6.92. The van der Waals surface area contributed by atoms with E-state index >= 15 is 0 Å². The number of benzene rings is 2. The first-order chi connectivity index (χ1) is 13.7. The fourth-order valence-electron chi connectivity index (χ4n) is 3.87. The molecule has 0 fully saturated rings. The van der Waals surface area contributed by atoms with Crippen LogP contribution in [0.4, 0.5) is 0 Å². The lowest BCUT2D eigenvalue weighted by Gasteiger charge is -2.13. The zero-order valence-electron chi connectivity index (χ0n) is 16.6. The van der Waals surface area contributed by atoms with Crippen LogP contribution in [0.1, 0.15) is 33.6 Å². The molecule has 0 amide bonds. The van der Waals surface area contributed by atoms with Crippen LogP contribution in [0.5, 0.6) is 0 Å². The number of pyridine rings is 2. The number of hydrogen-bond acceptors (Lipinski definition) is 2. The first-order valence-electron chi connectivity index (χ1n) is 9.31. The van der Waals surface area contributed by atoms with Gasteiger partial charge in [-0.2, -0.15) is 0 Å². The highest BCUT2D eigenvalue weighted by molar-refractivity contribution is 6.32. The molecule has 0 saturated carbocycles. The lowest BCUT2D eigenvalue weighted by Crippen LogP contribution is -2.20. The predicted molar refractivity (Wildman–Crippen MR) is 121 cm³/mol. The predicted octanol–water partition coefficient (Wildman–Crippen LogP) is 5.50. The molecule has 2 N–H and O–H groups in total. The quantitative estimate of drug-likeness (QED) is 0.444. The standard InChI is InChI=1S/C23H20Cl2N2O2/c1-10-18(24)7-5-14-20(10)26-12(3)16(22(14)28)9-17-13(4)27-21-11(2)19(25)8-6-15(21)23(17)29/h5-8H,9H2,1-4H3,(H,26,28)(H,27,29). The van der Waals surface area contributed by atoms with Crippen LogP contribution in [0, 0.1) is 27.7 Å². The van der Waals surface area contributed by atoms with Crippen molar-refractivity contribution in [1.29, 1.82) is 0 Å². The summed E-state index contributed by atoms with van der Waals surface area (Å²) in [5.41, 5.74) is 5.61. The number of aromatic nitrogens is 2. The summed E-state index contributed by atoms with van der Waals surface area (Å²) in [5.74, 6) is 0. The average Bonchev–Trinajstić information content (AvgIpc) is 2.67. The molecule has 6 heteroatoms. The first-order valence-corrected chi connectivity index (χ1v) is 10.1. The lowest BCUT2D eigenvalue weighted by molar-refractivity contribution is 1.03. The van der Waals surface area contributed by atoms with Crippen molar-refractivity contribution in [2.45, 2.75) is 34.1 Å². The molecule has 0 aliphatic rings. The second kappa shape index (κ2) is 7.05. The van der Waals surface area contributed by atoms with Crippen molar-refractivity contribution in [2.24, 2.45) is 0 Å². The van der Waals surface area contributed by atoms with E-state index in [-0.39, 0.29) is 17.3 Å². The van der Waals surface area contributed by atoms with Crippen LogP contribution in [-0.4, -0.2) is 9.97 Å². The van der Waals surface area contributed by atoms with Crippen molar-refractivity contribution >= 4 is 45.0 Å². The van der Waals surface area contributed by atoms with Gasteiger partial charge < -0.3 is 9.97 Å². The minimum absolute atomic E-state index is 0.0813. The van der Waals surface area contributed by atoms with Gasteiger partial charge in [0.25, 0.3) is 0 Å². The van der Waals surface area contributed by atoms with Crippen molar-refractivity contribution in [3.8, 4) is 0 Å². The number of nitrogens with one attached hydrogen (secondary N) is 2. The van der Waals surface area contributed by atoms with Gasteiger partial charge in [0.05, 0.1) is 11.0 Å². The van der Waals surface area contributed by atoms with Gasteiger partial charge in [-0.1, -0.05) is 23.2 Å². The molecule has 0 atom stereocenters. The van der Waals surface area contributed by atoms with Gasteiger partial charge >= 0.3 is 0 Å². The number of aryl methyl sites for hydroxylation is 4. The maximum atomic E-state index is 13.2. The summed E-state index contributed by atoms with van der Waals surface area (Å²) in [6.07, 6.45) is 0.248. The molecule has 2 aromatic heterocycles. The maximum Gasteiger partial charge on any atom is 0.193 e. The summed E-state index contributed by atoms with van der Waals surface area (Å²) in [5, 5.41) is 2.36. The van der Waals surface area contributed by atoms with Crippen LogP contribution in [0.25, 0.3) is 21.8 Å². The molecule has 0 bridgehead atoms. The van der Waals surface area contributed by atoms with E-state index in [1.807, 2.05) is 27.7 Å². The van der Waals surface area contributed by atoms with Crippen LogP contribution in [-0.2, 0) is 6.42 Å². The zero-order valence-corrected chi connectivity index (χ0v) is 18.1. The Bertz CT molecular complexity index is 1320. The second-order valence-electron chi connectivity index (χ2n) is 7.48. The minimum Gasteiger partial charge on any atom is -0.358 e. The highest BCUT2D eigenvalue weighted by atomic mass is 35.5. The van der Waals surface area contributed by atoms with Gasteiger partial charge in [-0.05, 0) is 63.1 Å². The number of halogens is 2. The fourth-order valence-corrected chi connectivity index (χ4v) is 4.18. The largest absolute Gasteiger partial charge is 0.358 e. The van der Waals surface area contributed by atoms with Gasteiger partial charge in [-0.15, -0.1) is 0 Å². The summed E-state index contributed by atoms with van der Waals surface area (Å²) in [7, 11) is 0. The Hall–Kier alpha value is -2.56. The minimum atomic E-state index is -0.0813. The monoisotopic (exact) mass is 426 g/mol. The second-order valence-corrected chi connectivity index (χ2v) is 8.30. The van der Waals surface area contributed by atoms with Crippen LogP contribution in [0.2, 0.25) is 10.0 Å². The van der Waals surface area contributed by atoms with Crippen molar-refractivity contribution in [1.82, 2.24) is 9.97 Å². The van der Waals surface area contributed by atoms with Crippen molar-refractivity contribution in [3.05, 3.63) is 88.4 Å². The van der Waals surface area contributed by atoms with Gasteiger partial charge in [0.1, 0.15) is 0 Å². The molecule has 2 heterocycles. The van der Waals surface area contributed by atoms with Gasteiger partial charge in [-0.25, -0.2) is 0 Å². The summed E-state index contributed by atoms with van der Waals surface area (Å²) in [6.45, 7) is 7.47. The van der Waals surface area contributed by atoms with E-state index in [9.17, 15) is 9.59 Å². The van der Waals surface area contributed by atoms with Crippen LogP contribution >= 0.6 is 23.2 Å². The Labute approximate surface area is 177 Å². The highest BCUT2D eigenvalue weighted by Gasteiger charge is 2.17. The Morgan fingerprint density at radius 3 is 1.45 bits per heavy atom. The third kappa shape index (κ3) is 3.07. The highest BCUT2D eigenvalue weighted by Crippen LogP contribution is 2.25. The van der Waals surface area contributed by atoms with Crippen molar-refractivity contribution in [3.63, 3.8) is 0 Å². The SMILES string of the molecule is Cc1[nH]c2c(C)c(Cl)ccc2c(=O)c1Cc1c(C)[nH]c2c(C)c(Cl)ccc2c1=O. The van der Waals surface area contributed by atoms with E-state index in [1.54, 1.807) is 24.3 Å². The van der Waals surface area contributed by atoms with E-state index in [1.165, 1.54) is 0 Å². The van der Waals surface area contributed by atoms with Gasteiger partial charge in [0.15, 0.2) is 10.9 Å². The van der Waals surface area contributed by atoms with Crippen LogP contribution in [0.3, 0.4) is 0 Å². The van der Waals surface area contributed by atoms with E-state index < -0.39 is 0 Å². The molecule has 0 saturated heterocycles. The molecular weight excluding hydrogens is 407 g/mol. The molecule has 4 aromatic rings. The first kappa shape index (κ1) is 19.7. The number of aromatic amines is 2. The molecule has 4 rings (SSSR count). The van der Waals surface area contributed by atoms with Crippen LogP contribution < -0.4 is 10.9 Å². The maximum absolute atomic E-state index is 13.2. The van der Waals surface area contributed by atoms with E-state index in [0.717, 1.165) is 33.5 Å². The number of rotatable bonds is 2. The molecule has 0 radical (unpaired) electrons. The van der Waals surface area contributed by atoms with Crippen LogP contribution in [0.15, 0.2) is 33.9 Å². The zero-order chi connectivity index (χ0) is 21.0. The molecule has 29 heavy (non-hydrogen) atoms. The smallest absolute Gasteiger partial charge is 0.193 e. The van der Waals surface area contributed by atoms with E-state index in [4.69, 9.17) is 23.2 Å². The van der Waals surface area contributed by atoms with Gasteiger partial charge in [-0.3, -0.25) is 9.59 Å².